The summed E-state index contributed by atoms with van der Waals surface area (Å²) in [4.78, 5) is 12.8. The highest BCUT2D eigenvalue weighted by atomic mass is 32.2. The SMILES string of the molecule is C#CC(C)(C)NC(=O)Sc1cccc(C(C)C)c1. The van der Waals surface area contributed by atoms with Crippen LogP contribution in [0.2, 0.25) is 0 Å². The number of terminal acetylenes is 1. The highest BCUT2D eigenvalue weighted by Crippen LogP contribution is 2.24. The second-order valence-corrected chi connectivity index (χ2v) is 6.06. The van der Waals surface area contributed by atoms with Crippen molar-refractivity contribution in [1.82, 2.24) is 5.32 Å². The summed E-state index contributed by atoms with van der Waals surface area (Å²) in [7, 11) is 0. The lowest BCUT2D eigenvalue weighted by atomic mass is 10.0. The normalized spacial score (nSPS) is 11.1. The van der Waals surface area contributed by atoms with E-state index in [4.69, 9.17) is 6.42 Å². The first-order valence-corrected chi connectivity index (χ1v) is 6.73. The van der Waals surface area contributed by atoms with E-state index in [2.05, 4.69) is 31.2 Å². The van der Waals surface area contributed by atoms with Gasteiger partial charge in [-0.2, -0.15) is 0 Å². The van der Waals surface area contributed by atoms with Crippen LogP contribution in [0.4, 0.5) is 4.79 Å². The third-order valence-corrected chi connectivity index (χ3v) is 3.29. The highest BCUT2D eigenvalue weighted by molar-refractivity contribution is 8.13. The minimum absolute atomic E-state index is 0.126. The Labute approximate surface area is 114 Å². The number of hydrogen-bond acceptors (Lipinski definition) is 2. The first-order valence-electron chi connectivity index (χ1n) is 5.92. The summed E-state index contributed by atoms with van der Waals surface area (Å²) in [5.74, 6) is 3.00. The lowest BCUT2D eigenvalue weighted by Gasteiger charge is -2.19. The van der Waals surface area contributed by atoms with Crippen molar-refractivity contribution in [3.63, 3.8) is 0 Å². The quantitative estimate of drug-likeness (QED) is 0.657. The van der Waals surface area contributed by atoms with Crippen LogP contribution in [0.25, 0.3) is 0 Å². The van der Waals surface area contributed by atoms with Crippen LogP contribution in [-0.2, 0) is 0 Å². The molecule has 0 heterocycles. The van der Waals surface area contributed by atoms with Gasteiger partial charge in [0.15, 0.2) is 0 Å². The zero-order valence-electron chi connectivity index (χ0n) is 11.3. The molecule has 0 aliphatic rings. The lowest BCUT2D eigenvalue weighted by Crippen LogP contribution is -2.39. The number of carbonyl (C=O) groups is 1. The molecule has 0 aliphatic carbocycles. The second kappa shape index (κ2) is 5.97. The molecular weight excluding hydrogens is 242 g/mol. The molecule has 0 unspecified atom stereocenters. The topological polar surface area (TPSA) is 29.1 Å². The molecule has 1 amide bonds. The molecule has 0 fully saturated rings. The summed E-state index contributed by atoms with van der Waals surface area (Å²) in [5, 5.41) is 2.66. The largest absolute Gasteiger partial charge is 0.331 e. The Morgan fingerprint density at radius 3 is 2.67 bits per heavy atom. The first kappa shape index (κ1) is 14.7. The fourth-order valence-corrected chi connectivity index (χ4v) is 2.22. The third kappa shape index (κ3) is 4.46. The average Bonchev–Trinajstić information content (AvgIpc) is 2.28. The van der Waals surface area contributed by atoms with Gasteiger partial charge < -0.3 is 5.32 Å². The second-order valence-electron chi connectivity index (χ2n) is 5.01. The molecule has 1 rings (SSSR count). The Bertz CT molecular complexity index is 472. The fourth-order valence-electron chi connectivity index (χ4n) is 1.36. The molecule has 3 heteroatoms. The summed E-state index contributed by atoms with van der Waals surface area (Å²) < 4.78 is 0. The van der Waals surface area contributed by atoms with Crippen molar-refractivity contribution in [3.8, 4) is 12.3 Å². The predicted octanol–water partition coefficient (Wildman–Crippen LogP) is 4.02. The number of hydrogen-bond donors (Lipinski definition) is 1. The van der Waals surface area contributed by atoms with E-state index in [1.807, 2.05) is 18.2 Å². The molecule has 1 aromatic rings. The van der Waals surface area contributed by atoms with E-state index >= 15 is 0 Å². The van der Waals surface area contributed by atoms with Crippen LogP contribution in [0.5, 0.6) is 0 Å². The van der Waals surface area contributed by atoms with Gasteiger partial charge in [0.25, 0.3) is 5.24 Å². The summed E-state index contributed by atoms with van der Waals surface area (Å²) >= 11 is 1.17. The van der Waals surface area contributed by atoms with Crippen molar-refractivity contribution >= 4 is 17.0 Å². The number of thioether (sulfide) groups is 1. The Kier molecular flexibility index (Phi) is 4.86. The molecule has 0 aliphatic heterocycles. The number of amides is 1. The minimum atomic E-state index is -0.611. The maximum Gasteiger partial charge on any atom is 0.285 e. The Balaban J connectivity index is 2.71. The highest BCUT2D eigenvalue weighted by Gasteiger charge is 2.17. The summed E-state index contributed by atoms with van der Waals surface area (Å²) in [6.07, 6.45) is 5.34. The van der Waals surface area contributed by atoms with Gasteiger partial charge in [0.1, 0.15) is 0 Å². The maximum absolute atomic E-state index is 11.8. The van der Waals surface area contributed by atoms with Crippen LogP contribution in [0.1, 0.15) is 39.2 Å². The smallest absolute Gasteiger partial charge is 0.285 e. The van der Waals surface area contributed by atoms with E-state index in [9.17, 15) is 4.79 Å². The van der Waals surface area contributed by atoms with Gasteiger partial charge in [-0.05, 0) is 49.2 Å². The first-order chi connectivity index (χ1) is 8.34. The van der Waals surface area contributed by atoms with Crippen LogP contribution in [0, 0.1) is 12.3 Å². The van der Waals surface area contributed by atoms with Gasteiger partial charge >= 0.3 is 0 Å². The van der Waals surface area contributed by atoms with Crippen LogP contribution in [-0.4, -0.2) is 10.8 Å². The fraction of sp³-hybridized carbons (Fsp3) is 0.400. The van der Waals surface area contributed by atoms with Gasteiger partial charge in [-0.25, -0.2) is 0 Å². The molecule has 0 saturated carbocycles. The van der Waals surface area contributed by atoms with E-state index in [1.54, 1.807) is 13.8 Å². The van der Waals surface area contributed by atoms with Crippen LogP contribution in [0.3, 0.4) is 0 Å². The van der Waals surface area contributed by atoms with E-state index in [-0.39, 0.29) is 5.24 Å². The van der Waals surface area contributed by atoms with Gasteiger partial charge in [0, 0.05) is 4.90 Å². The Morgan fingerprint density at radius 2 is 2.11 bits per heavy atom. The van der Waals surface area contributed by atoms with E-state index < -0.39 is 5.54 Å². The van der Waals surface area contributed by atoms with E-state index in [1.165, 1.54) is 17.3 Å². The van der Waals surface area contributed by atoms with Gasteiger partial charge in [0.2, 0.25) is 0 Å². The van der Waals surface area contributed by atoms with Crippen molar-refractivity contribution in [3.05, 3.63) is 29.8 Å². The van der Waals surface area contributed by atoms with Gasteiger partial charge in [-0.15, -0.1) is 6.42 Å². The van der Waals surface area contributed by atoms with Crippen molar-refractivity contribution in [1.29, 1.82) is 0 Å². The van der Waals surface area contributed by atoms with Crippen molar-refractivity contribution in [2.45, 2.75) is 44.0 Å². The van der Waals surface area contributed by atoms with Gasteiger partial charge in [-0.1, -0.05) is 31.9 Å². The molecule has 1 N–H and O–H groups in total. The van der Waals surface area contributed by atoms with Crippen LogP contribution in [0.15, 0.2) is 29.2 Å². The zero-order valence-corrected chi connectivity index (χ0v) is 12.1. The molecule has 0 aromatic heterocycles. The molecule has 2 nitrogen and oxygen atoms in total. The number of nitrogens with one attached hydrogen (secondary N) is 1. The molecule has 0 atom stereocenters. The zero-order chi connectivity index (χ0) is 13.8. The molecule has 0 radical (unpaired) electrons. The molecule has 0 bridgehead atoms. The van der Waals surface area contributed by atoms with Crippen molar-refractivity contribution < 1.29 is 4.79 Å². The van der Waals surface area contributed by atoms with Crippen LogP contribution < -0.4 is 5.32 Å². The lowest BCUT2D eigenvalue weighted by molar-refractivity contribution is 0.256. The van der Waals surface area contributed by atoms with Gasteiger partial charge in [0.05, 0.1) is 5.54 Å². The summed E-state index contributed by atoms with van der Waals surface area (Å²) in [5.41, 5.74) is 0.615. The van der Waals surface area contributed by atoms with Crippen molar-refractivity contribution in [2.75, 3.05) is 0 Å². The Hall–Kier alpha value is -1.40. The molecule has 1 aromatic carbocycles. The standard InChI is InChI=1S/C15H19NOS/c1-6-15(4,5)16-14(17)18-13-9-7-8-12(10-13)11(2)3/h1,7-11H,2-5H3,(H,16,17). The molecule has 0 spiro atoms. The number of rotatable bonds is 3. The van der Waals surface area contributed by atoms with E-state index in [0.29, 0.717) is 5.92 Å². The molecular formula is C15H19NOS. The third-order valence-electron chi connectivity index (χ3n) is 2.51. The van der Waals surface area contributed by atoms with E-state index in [0.717, 1.165) is 4.90 Å². The summed E-state index contributed by atoms with van der Waals surface area (Å²) in [6, 6.07) is 8.01. The Morgan fingerprint density at radius 1 is 1.44 bits per heavy atom. The van der Waals surface area contributed by atoms with Crippen LogP contribution >= 0.6 is 11.8 Å². The number of carbonyl (C=O) groups excluding carboxylic acids is 1. The number of benzene rings is 1. The minimum Gasteiger partial charge on any atom is -0.331 e. The predicted molar refractivity (Wildman–Crippen MR) is 77.8 cm³/mol. The monoisotopic (exact) mass is 261 g/mol. The summed E-state index contributed by atoms with van der Waals surface area (Å²) in [6.45, 7) is 7.86. The molecule has 96 valence electrons. The molecule has 18 heavy (non-hydrogen) atoms. The average molecular weight is 261 g/mol. The maximum atomic E-state index is 11.8. The van der Waals surface area contributed by atoms with Crippen molar-refractivity contribution in [2.24, 2.45) is 0 Å². The van der Waals surface area contributed by atoms with Gasteiger partial charge in [-0.3, -0.25) is 4.79 Å². The molecule has 0 saturated heterocycles.